The van der Waals surface area contributed by atoms with E-state index in [0.717, 1.165) is 22.9 Å². The summed E-state index contributed by atoms with van der Waals surface area (Å²) in [5.74, 6) is -0.170. The highest BCUT2D eigenvalue weighted by Gasteiger charge is 2.57. The van der Waals surface area contributed by atoms with Gasteiger partial charge in [-0.2, -0.15) is 0 Å². The number of amides is 1. The first-order valence-electron chi connectivity index (χ1n) is 11.6. The maximum absolute atomic E-state index is 15.0. The van der Waals surface area contributed by atoms with Crippen LogP contribution in [0.1, 0.15) is 71.4 Å². The average molecular weight is 529 g/mol. The topological polar surface area (TPSA) is 65.1 Å². The lowest BCUT2D eigenvalue weighted by Gasteiger charge is -2.39. The van der Waals surface area contributed by atoms with Crippen LogP contribution >= 0.6 is 23.5 Å². The van der Waals surface area contributed by atoms with Gasteiger partial charge in [-0.3, -0.25) is 14.2 Å². The molecule has 32 heavy (non-hydrogen) atoms. The largest absolute Gasteiger partial charge is 0.285 e. The van der Waals surface area contributed by atoms with E-state index in [1.807, 2.05) is 24.3 Å². The number of carbonyl (C=O) groups is 1. The van der Waals surface area contributed by atoms with Crippen LogP contribution in [0, 0.1) is 0 Å². The minimum Gasteiger partial charge on any atom is -0.275 e. The van der Waals surface area contributed by atoms with E-state index in [9.17, 15) is 4.79 Å². The second-order valence-corrected chi connectivity index (χ2v) is 12.5. The van der Waals surface area contributed by atoms with Crippen LogP contribution in [-0.4, -0.2) is 58.6 Å². The van der Waals surface area contributed by atoms with Gasteiger partial charge >= 0.3 is 0 Å². The van der Waals surface area contributed by atoms with Gasteiger partial charge in [-0.15, -0.1) is 0 Å². The number of benzene rings is 1. The van der Waals surface area contributed by atoms with Crippen LogP contribution in [0.15, 0.2) is 28.7 Å². The molecule has 1 amide bonds. The quantitative estimate of drug-likeness (QED) is 0.362. The summed E-state index contributed by atoms with van der Waals surface area (Å²) in [6.45, 7) is 8.50. The van der Waals surface area contributed by atoms with E-state index >= 15 is 4.57 Å². The summed E-state index contributed by atoms with van der Waals surface area (Å²) in [7, 11) is -0.0806. The molecule has 1 aromatic carbocycles. The van der Waals surface area contributed by atoms with Crippen molar-refractivity contribution in [3.8, 4) is 0 Å². The molecular formula is C23H38BrN4O3P. The maximum atomic E-state index is 15.0. The predicted octanol–water partition coefficient (Wildman–Crippen LogP) is 5.34. The fourth-order valence-corrected chi connectivity index (χ4v) is 9.64. The van der Waals surface area contributed by atoms with E-state index in [2.05, 4.69) is 58.1 Å². The Hall–Kier alpha value is -0.760. The van der Waals surface area contributed by atoms with Gasteiger partial charge in [0.1, 0.15) is 0 Å². The Morgan fingerprint density at radius 1 is 1.16 bits per heavy atom. The zero-order valence-corrected chi connectivity index (χ0v) is 22.6. The molecule has 3 atom stereocenters. The molecule has 1 N–H and O–H groups in total. The van der Waals surface area contributed by atoms with Crippen LogP contribution in [-0.2, 0) is 14.2 Å². The number of fused-ring (bicyclic) bond motifs is 1. The van der Waals surface area contributed by atoms with Crippen LogP contribution in [0.25, 0.3) is 0 Å². The lowest BCUT2D eigenvalue weighted by Crippen LogP contribution is -2.43. The Morgan fingerprint density at radius 3 is 2.16 bits per heavy atom. The van der Waals surface area contributed by atoms with Gasteiger partial charge in [0.05, 0.1) is 13.2 Å². The normalized spacial score (nSPS) is 24.7. The van der Waals surface area contributed by atoms with Gasteiger partial charge in [-0.1, -0.05) is 47.0 Å². The van der Waals surface area contributed by atoms with Gasteiger partial charge in [0.2, 0.25) is 5.91 Å². The SMILES string of the molecule is CON(C)C(=O)C[C@@H](NP1(=O)N(C(C)C)[C@H]2CCCC[C@@H]2N1C(C)C)c1ccccc1Br. The molecular weight excluding hydrogens is 491 g/mol. The lowest BCUT2D eigenvalue weighted by atomic mass is 9.89. The van der Waals surface area contributed by atoms with Crippen molar-refractivity contribution in [3.63, 3.8) is 0 Å². The van der Waals surface area contributed by atoms with Crippen molar-refractivity contribution in [1.29, 1.82) is 0 Å². The molecule has 2 aliphatic rings. The molecule has 9 heteroatoms. The molecule has 0 aromatic heterocycles. The molecule has 7 nitrogen and oxygen atoms in total. The van der Waals surface area contributed by atoms with Gasteiger partial charge in [-0.25, -0.2) is 19.5 Å². The highest BCUT2D eigenvalue weighted by Crippen LogP contribution is 2.64. The average Bonchev–Trinajstić information content (AvgIpc) is 3.00. The van der Waals surface area contributed by atoms with Crippen molar-refractivity contribution in [1.82, 2.24) is 19.5 Å². The Bertz CT molecular complexity index is 824. The summed E-state index contributed by atoms with van der Waals surface area (Å²) in [4.78, 5) is 18.0. The molecule has 0 unspecified atom stereocenters. The molecule has 3 rings (SSSR count). The van der Waals surface area contributed by atoms with E-state index in [-0.39, 0.29) is 36.5 Å². The van der Waals surface area contributed by atoms with E-state index in [0.29, 0.717) is 0 Å². The fourth-order valence-electron chi connectivity index (χ4n) is 5.35. The zero-order valence-electron chi connectivity index (χ0n) is 20.1. The van der Waals surface area contributed by atoms with Crippen molar-refractivity contribution in [2.45, 2.75) is 90.0 Å². The van der Waals surface area contributed by atoms with Crippen molar-refractivity contribution in [3.05, 3.63) is 34.3 Å². The second-order valence-electron chi connectivity index (χ2n) is 9.39. The Kier molecular flexibility index (Phi) is 8.62. The van der Waals surface area contributed by atoms with Gasteiger partial charge in [-0.05, 0) is 52.2 Å². The fraction of sp³-hybridized carbons (Fsp3) is 0.696. The minimum atomic E-state index is -3.16. The van der Waals surface area contributed by atoms with Crippen LogP contribution in [0.5, 0.6) is 0 Å². The number of hydrogen-bond donors (Lipinski definition) is 1. The predicted molar refractivity (Wildman–Crippen MR) is 132 cm³/mol. The molecule has 180 valence electrons. The van der Waals surface area contributed by atoms with Gasteiger partial charge in [0.25, 0.3) is 7.59 Å². The number of nitrogens with zero attached hydrogens (tertiary/aromatic N) is 3. The molecule has 2 fully saturated rings. The van der Waals surface area contributed by atoms with Crippen molar-refractivity contribution in [2.24, 2.45) is 0 Å². The Balaban J connectivity index is 2.05. The summed E-state index contributed by atoms with van der Waals surface area (Å²) in [5, 5.41) is 4.79. The molecule has 1 heterocycles. The summed E-state index contributed by atoms with van der Waals surface area (Å²) in [6, 6.07) is 8.19. The monoisotopic (exact) mass is 528 g/mol. The molecule has 0 radical (unpaired) electrons. The number of nitrogens with one attached hydrogen (secondary N) is 1. The Morgan fingerprint density at radius 2 is 1.69 bits per heavy atom. The van der Waals surface area contributed by atoms with Gasteiger partial charge < -0.3 is 0 Å². The first-order valence-corrected chi connectivity index (χ1v) is 14.0. The third kappa shape index (κ3) is 5.01. The number of rotatable bonds is 8. The number of carbonyl (C=O) groups excluding carboxylic acids is 1. The summed E-state index contributed by atoms with van der Waals surface area (Å²) in [5.41, 5.74) is 0.919. The summed E-state index contributed by atoms with van der Waals surface area (Å²) < 4.78 is 20.4. The standard InChI is InChI=1S/C23H38BrN4O3P/c1-16(2)27-21-13-9-10-14-22(21)28(17(3)4)32(27,30)25-20(15-23(29)26(5)31-6)18-11-7-8-12-19(18)24/h7-8,11-12,16-17,20-22H,9-10,13-15H2,1-6H3,(H,25,30)/t20-,21+,22+/m1/s1. The lowest BCUT2D eigenvalue weighted by molar-refractivity contribution is -0.169. The van der Waals surface area contributed by atoms with Crippen molar-refractivity contribution >= 4 is 29.4 Å². The van der Waals surface area contributed by atoms with Gasteiger partial charge in [0.15, 0.2) is 0 Å². The first kappa shape index (κ1) is 25.9. The molecule has 0 spiro atoms. The number of halogens is 1. The van der Waals surface area contributed by atoms with Crippen LogP contribution in [0.2, 0.25) is 0 Å². The molecule has 1 aromatic rings. The first-order chi connectivity index (χ1) is 15.1. The van der Waals surface area contributed by atoms with Crippen LogP contribution < -0.4 is 5.09 Å². The molecule has 1 aliphatic heterocycles. The highest BCUT2D eigenvalue weighted by atomic mass is 79.9. The molecule has 1 saturated heterocycles. The minimum absolute atomic E-state index is 0.125. The van der Waals surface area contributed by atoms with E-state index in [1.165, 1.54) is 25.0 Å². The van der Waals surface area contributed by atoms with E-state index < -0.39 is 13.6 Å². The molecule has 1 saturated carbocycles. The van der Waals surface area contributed by atoms with Crippen LogP contribution in [0.4, 0.5) is 0 Å². The Labute approximate surface area is 201 Å². The van der Waals surface area contributed by atoms with E-state index in [4.69, 9.17) is 4.84 Å². The molecule has 1 aliphatic carbocycles. The highest BCUT2D eigenvalue weighted by molar-refractivity contribution is 9.10. The smallest absolute Gasteiger partial charge is 0.275 e. The summed E-state index contributed by atoms with van der Waals surface area (Å²) in [6.07, 6.45) is 4.60. The van der Waals surface area contributed by atoms with E-state index in [1.54, 1.807) is 7.05 Å². The van der Waals surface area contributed by atoms with Crippen LogP contribution in [0.3, 0.4) is 0 Å². The van der Waals surface area contributed by atoms with Gasteiger partial charge in [0, 0.05) is 42.1 Å². The number of hydrogen-bond acceptors (Lipinski definition) is 3. The summed E-state index contributed by atoms with van der Waals surface area (Å²) >= 11 is 3.64. The van der Waals surface area contributed by atoms with Crippen molar-refractivity contribution in [2.75, 3.05) is 14.2 Å². The maximum Gasteiger partial charge on any atom is 0.285 e. The zero-order chi connectivity index (χ0) is 23.6. The second kappa shape index (κ2) is 10.7. The molecule has 0 bridgehead atoms. The third-order valence-electron chi connectivity index (χ3n) is 6.67. The number of hydroxylamine groups is 2. The van der Waals surface area contributed by atoms with Crippen molar-refractivity contribution < 1.29 is 14.2 Å². The third-order valence-corrected chi connectivity index (χ3v) is 10.8.